The van der Waals surface area contributed by atoms with Gasteiger partial charge in [0.2, 0.25) is 0 Å². The second-order valence-corrected chi connectivity index (χ2v) is 5.44. The molecule has 0 spiro atoms. The number of halogens is 3. The normalized spacial score (nSPS) is 12.6. The molecule has 0 saturated carbocycles. The molecule has 1 aromatic rings. The molecule has 2 N–H and O–H groups in total. The Kier molecular flexibility index (Phi) is 3.74. The Hall–Kier alpha value is -0.490. The second-order valence-electron chi connectivity index (χ2n) is 2.93. The summed E-state index contributed by atoms with van der Waals surface area (Å²) in [5.74, 6) is 0.0892. The smallest absolute Gasteiger partial charge is 0.399 e. The van der Waals surface area contributed by atoms with Gasteiger partial charge >= 0.3 is 13.3 Å². The van der Waals surface area contributed by atoms with E-state index in [2.05, 4.69) is 15.9 Å². The molecule has 0 heterocycles. The topological polar surface area (TPSA) is 66.8 Å². The van der Waals surface area contributed by atoms with Crippen molar-refractivity contribution in [2.75, 3.05) is 7.11 Å². The first-order valence-corrected chi connectivity index (χ1v) is 6.38. The highest BCUT2D eigenvalue weighted by Crippen LogP contribution is 2.60. The van der Waals surface area contributed by atoms with Crippen LogP contribution in [0, 0.1) is 0 Å². The molecule has 90 valence electrons. The molecule has 0 aliphatic rings. The van der Waals surface area contributed by atoms with E-state index in [0.717, 1.165) is 6.07 Å². The van der Waals surface area contributed by atoms with E-state index >= 15 is 0 Å². The third-order valence-electron chi connectivity index (χ3n) is 1.86. The minimum absolute atomic E-state index is 0.0892. The lowest BCUT2D eigenvalue weighted by Gasteiger charge is -2.19. The summed E-state index contributed by atoms with van der Waals surface area (Å²) in [6.45, 7) is 0. The molecule has 0 fully saturated rings. The van der Waals surface area contributed by atoms with Gasteiger partial charge in [0, 0.05) is 4.47 Å². The van der Waals surface area contributed by atoms with Crippen molar-refractivity contribution in [2.24, 2.45) is 0 Å². The van der Waals surface area contributed by atoms with Crippen molar-refractivity contribution in [3.8, 4) is 5.75 Å². The summed E-state index contributed by atoms with van der Waals surface area (Å²) in [5, 5.41) is 0. The van der Waals surface area contributed by atoms with Crippen molar-refractivity contribution < 1.29 is 27.9 Å². The molecule has 0 radical (unpaired) electrons. The Morgan fingerprint density at radius 1 is 1.44 bits per heavy atom. The summed E-state index contributed by atoms with van der Waals surface area (Å²) >= 11 is 2.81. The Labute approximate surface area is 98.5 Å². The van der Waals surface area contributed by atoms with E-state index in [0.29, 0.717) is 0 Å². The molecule has 8 heteroatoms. The van der Waals surface area contributed by atoms with Gasteiger partial charge in [-0.15, -0.1) is 0 Å². The van der Waals surface area contributed by atoms with Crippen LogP contribution in [0.3, 0.4) is 0 Å². The highest BCUT2D eigenvalue weighted by molar-refractivity contribution is 9.10. The Morgan fingerprint density at radius 3 is 2.44 bits per heavy atom. The summed E-state index contributed by atoms with van der Waals surface area (Å²) in [6.07, 6.45) is 0. The van der Waals surface area contributed by atoms with Crippen LogP contribution in [0.4, 0.5) is 8.78 Å². The van der Waals surface area contributed by atoms with Crippen LogP contribution in [0.15, 0.2) is 22.7 Å². The van der Waals surface area contributed by atoms with E-state index in [4.69, 9.17) is 14.5 Å². The fraction of sp³-hybridized carbons (Fsp3) is 0.250. The van der Waals surface area contributed by atoms with Crippen molar-refractivity contribution in [1.29, 1.82) is 0 Å². The maximum atomic E-state index is 13.4. The minimum atomic E-state index is -5.57. The number of ether oxygens (including phenoxy) is 1. The second kappa shape index (κ2) is 4.41. The van der Waals surface area contributed by atoms with E-state index in [1.165, 1.54) is 19.2 Å². The van der Waals surface area contributed by atoms with Crippen molar-refractivity contribution in [3.05, 3.63) is 28.2 Å². The fourth-order valence-corrected chi connectivity index (χ4v) is 2.17. The first-order valence-electron chi connectivity index (χ1n) is 3.97. The zero-order valence-corrected chi connectivity index (χ0v) is 10.5. The van der Waals surface area contributed by atoms with Crippen LogP contribution in [0.25, 0.3) is 0 Å². The molecular formula is C8H8BrF2O4P. The molecular weight excluding hydrogens is 309 g/mol. The number of rotatable bonds is 3. The third-order valence-corrected chi connectivity index (χ3v) is 3.53. The molecule has 1 rings (SSSR count). The molecule has 0 saturated heterocycles. The van der Waals surface area contributed by atoms with E-state index in [9.17, 15) is 13.3 Å². The van der Waals surface area contributed by atoms with Gasteiger partial charge in [-0.25, -0.2) is 0 Å². The maximum Gasteiger partial charge on any atom is 0.399 e. The number of alkyl halides is 2. The Morgan fingerprint density at radius 2 is 2.00 bits per heavy atom. The first kappa shape index (κ1) is 13.6. The largest absolute Gasteiger partial charge is 0.497 e. The number of methoxy groups -OCH3 is 1. The SMILES string of the molecule is COc1ccc(Br)c(C(F)(F)P(=O)(O)O)c1. The average molecular weight is 317 g/mol. The molecule has 0 aliphatic carbocycles. The number of hydrogen-bond acceptors (Lipinski definition) is 2. The van der Waals surface area contributed by atoms with Gasteiger partial charge in [-0.05, 0) is 18.2 Å². The third kappa shape index (κ3) is 2.43. The highest BCUT2D eigenvalue weighted by Gasteiger charge is 2.51. The Balaban J connectivity index is 3.37. The highest BCUT2D eigenvalue weighted by atomic mass is 79.9. The fourth-order valence-electron chi connectivity index (χ4n) is 1.02. The maximum absolute atomic E-state index is 13.4. The predicted octanol–water partition coefficient (Wildman–Crippen LogP) is 2.68. The monoisotopic (exact) mass is 316 g/mol. The molecule has 0 unspecified atom stereocenters. The molecule has 16 heavy (non-hydrogen) atoms. The lowest BCUT2D eigenvalue weighted by molar-refractivity contribution is 0.0555. The number of benzene rings is 1. The zero-order chi connectivity index (χ0) is 12.6. The lowest BCUT2D eigenvalue weighted by atomic mass is 10.2. The Bertz CT molecular complexity index is 446. The van der Waals surface area contributed by atoms with Gasteiger partial charge < -0.3 is 14.5 Å². The van der Waals surface area contributed by atoms with Crippen LogP contribution in [-0.4, -0.2) is 16.9 Å². The van der Waals surface area contributed by atoms with Crippen molar-refractivity contribution >= 4 is 23.5 Å². The predicted molar refractivity (Wildman–Crippen MR) is 56.6 cm³/mol. The van der Waals surface area contributed by atoms with E-state index < -0.39 is 18.8 Å². The van der Waals surface area contributed by atoms with Gasteiger partial charge in [0.25, 0.3) is 0 Å². The van der Waals surface area contributed by atoms with Crippen molar-refractivity contribution in [2.45, 2.75) is 5.66 Å². The van der Waals surface area contributed by atoms with E-state index in [1.807, 2.05) is 0 Å². The summed E-state index contributed by atoms with van der Waals surface area (Å²) < 4.78 is 42.1. The van der Waals surface area contributed by atoms with Gasteiger partial charge in [-0.3, -0.25) is 4.57 Å². The average Bonchev–Trinajstić information content (AvgIpc) is 2.16. The van der Waals surface area contributed by atoms with Gasteiger partial charge in [-0.1, -0.05) is 15.9 Å². The van der Waals surface area contributed by atoms with Gasteiger partial charge in [-0.2, -0.15) is 8.78 Å². The van der Waals surface area contributed by atoms with Crippen LogP contribution in [0.2, 0.25) is 0 Å². The number of hydrogen-bond donors (Lipinski definition) is 2. The molecule has 0 aromatic heterocycles. The molecule has 0 atom stereocenters. The van der Waals surface area contributed by atoms with Crippen LogP contribution < -0.4 is 4.74 Å². The quantitative estimate of drug-likeness (QED) is 0.841. The summed E-state index contributed by atoms with van der Waals surface area (Å²) in [5.41, 5.74) is -5.06. The molecule has 0 aliphatic heterocycles. The van der Waals surface area contributed by atoms with E-state index in [1.54, 1.807) is 0 Å². The van der Waals surface area contributed by atoms with Crippen LogP contribution in [-0.2, 0) is 10.2 Å². The summed E-state index contributed by atoms with van der Waals surface area (Å²) in [4.78, 5) is 17.2. The molecule has 0 bridgehead atoms. The van der Waals surface area contributed by atoms with Gasteiger partial charge in [0.1, 0.15) is 5.75 Å². The molecule has 4 nitrogen and oxygen atoms in total. The summed E-state index contributed by atoms with van der Waals surface area (Å²) in [7, 11) is -4.30. The zero-order valence-electron chi connectivity index (χ0n) is 8.02. The van der Waals surface area contributed by atoms with E-state index in [-0.39, 0.29) is 10.2 Å². The van der Waals surface area contributed by atoms with Crippen LogP contribution in [0.1, 0.15) is 5.56 Å². The van der Waals surface area contributed by atoms with Crippen LogP contribution in [0.5, 0.6) is 5.75 Å². The van der Waals surface area contributed by atoms with Crippen LogP contribution >= 0.6 is 23.5 Å². The van der Waals surface area contributed by atoms with Gasteiger partial charge in [0.05, 0.1) is 12.7 Å². The van der Waals surface area contributed by atoms with Crippen molar-refractivity contribution in [1.82, 2.24) is 0 Å². The lowest BCUT2D eigenvalue weighted by Crippen LogP contribution is -2.14. The molecule has 1 aromatic carbocycles. The standard InChI is InChI=1S/C8H8BrF2O4P/c1-15-5-2-3-7(9)6(4-5)8(10,11)16(12,13)14/h2-4H,1H3,(H2,12,13,14). The molecule has 0 amide bonds. The first-order chi connectivity index (χ1) is 7.20. The van der Waals surface area contributed by atoms with Crippen molar-refractivity contribution in [3.63, 3.8) is 0 Å². The van der Waals surface area contributed by atoms with Gasteiger partial charge in [0.15, 0.2) is 0 Å². The minimum Gasteiger partial charge on any atom is -0.497 e. The summed E-state index contributed by atoms with van der Waals surface area (Å²) in [6, 6.07) is 3.50.